The fraction of sp³-hybridized carbons (Fsp3) is 0.414. The standard InChI is InChI=1S/C29H36ClN5O7S/c1-17-14-35(18(2)16-36)27(37)13-21-12-23(31-29(38)32-28-19(3)33-42-20(28)4)8-11-25(21)41-26(17)15-34(5)43(39,40)24-9-6-22(30)7-10-24/h6-12,17-18,26,36H,13-16H2,1-5H3,(H2,31,32,38)/t17-,18+,26+/m1/s1. The number of carbonyl (C=O) groups is 2. The first kappa shape index (κ1) is 32.3. The van der Waals surface area contributed by atoms with E-state index in [2.05, 4.69) is 15.8 Å². The van der Waals surface area contributed by atoms with Gasteiger partial charge in [-0.15, -0.1) is 0 Å². The zero-order chi connectivity index (χ0) is 31.5. The van der Waals surface area contributed by atoms with Gasteiger partial charge in [0.1, 0.15) is 23.2 Å². The number of amides is 3. The highest BCUT2D eigenvalue weighted by molar-refractivity contribution is 7.89. The molecule has 2 heterocycles. The number of urea groups is 1. The predicted molar refractivity (Wildman–Crippen MR) is 162 cm³/mol. The van der Waals surface area contributed by atoms with Gasteiger partial charge >= 0.3 is 6.03 Å². The van der Waals surface area contributed by atoms with E-state index >= 15 is 0 Å². The van der Waals surface area contributed by atoms with Gasteiger partial charge in [-0.3, -0.25) is 4.79 Å². The largest absolute Gasteiger partial charge is 0.488 e. The molecule has 0 saturated carbocycles. The first-order chi connectivity index (χ1) is 20.3. The van der Waals surface area contributed by atoms with E-state index < -0.39 is 28.2 Å². The molecule has 2 aromatic carbocycles. The fourth-order valence-corrected chi connectivity index (χ4v) is 6.11. The molecule has 3 amide bonds. The summed E-state index contributed by atoms with van der Waals surface area (Å²) in [5, 5.41) is 19.6. The maximum atomic E-state index is 13.5. The third-order valence-corrected chi connectivity index (χ3v) is 9.49. The number of nitrogens with zero attached hydrogens (tertiary/aromatic N) is 3. The molecule has 12 nitrogen and oxygen atoms in total. The van der Waals surface area contributed by atoms with Crippen LogP contribution >= 0.6 is 11.6 Å². The molecule has 0 spiro atoms. The number of anilines is 2. The summed E-state index contributed by atoms with van der Waals surface area (Å²) in [6.45, 7) is 6.98. The molecule has 0 bridgehead atoms. The van der Waals surface area contributed by atoms with E-state index in [1.807, 2.05) is 6.92 Å². The van der Waals surface area contributed by atoms with Gasteiger partial charge in [-0.05, 0) is 63.2 Å². The second kappa shape index (κ2) is 13.3. The molecule has 232 valence electrons. The van der Waals surface area contributed by atoms with Crippen molar-refractivity contribution in [3.8, 4) is 5.75 Å². The molecule has 1 aliphatic rings. The van der Waals surface area contributed by atoms with Crippen LogP contribution in [0.1, 0.15) is 30.9 Å². The summed E-state index contributed by atoms with van der Waals surface area (Å²) in [5.74, 6) is 0.295. The molecule has 0 radical (unpaired) electrons. The number of aryl methyl sites for hydroxylation is 2. The van der Waals surface area contributed by atoms with Crippen molar-refractivity contribution in [1.82, 2.24) is 14.4 Å². The van der Waals surface area contributed by atoms with Gasteiger partial charge in [-0.1, -0.05) is 23.7 Å². The number of likely N-dealkylation sites (N-methyl/N-ethyl adjacent to an activating group) is 1. The Hall–Kier alpha value is -3.65. The van der Waals surface area contributed by atoms with Crippen LogP contribution in [0.4, 0.5) is 16.2 Å². The van der Waals surface area contributed by atoms with Gasteiger partial charge in [0.25, 0.3) is 0 Å². The van der Waals surface area contributed by atoms with E-state index in [0.717, 1.165) is 0 Å². The zero-order valence-electron chi connectivity index (χ0n) is 24.6. The number of carbonyl (C=O) groups excluding carboxylic acids is 2. The first-order valence-corrected chi connectivity index (χ1v) is 15.5. The average Bonchev–Trinajstić information content (AvgIpc) is 3.29. The summed E-state index contributed by atoms with van der Waals surface area (Å²) in [7, 11) is -2.40. The Labute approximate surface area is 256 Å². The molecule has 3 N–H and O–H groups in total. The smallest absolute Gasteiger partial charge is 0.323 e. The molecule has 0 aliphatic carbocycles. The predicted octanol–water partition coefficient (Wildman–Crippen LogP) is 4.06. The van der Waals surface area contributed by atoms with Crippen molar-refractivity contribution >= 4 is 44.9 Å². The Morgan fingerprint density at radius 1 is 1.21 bits per heavy atom. The Kier molecular flexibility index (Phi) is 10.0. The fourth-order valence-electron chi connectivity index (χ4n) is 4.80. The van der Waals surface area contributed by atoms with Crippen molar-refractivity contribution in [2.24, 2.45) is 5.92 Å². The van der Waals surface area contributed by atoms with E-state index in [4.69, 9.17) is 20.9 Å². The Morgan fingerprint density at radius 3 is 2.53 bits per heavy atom. The van der Waals surface area contributed by atoms with Crippen molar-refractivity contribution in [1.29, 1.82) is 0 Å². The number of aliphatic hydroxyl groups is 1. The molecule has 3 atom stereocenters. The third kappa shape index (κ3) is 7.47. The zero-order valence-corrected chi connectivity index (χ0v) is 26.2. The lowest BCUT2D eigenvalue weighted by Gasteiger charge is -2.33. The van der Waals surface area contributed by atoms with Gasteiger partial charge in [0.05, 0.1) is 30.5 Å². The number of sulfonamides is 1. The summed E-state index contributed by atoms with van der Waals surface area (Å²) in [6, 6.07) is 9.83. The van der Waals surface area contributed by atoms with Gasteiger partial charge in [0.15, 0.2) is 5.76 Å². The lowest BCUT2D eigenvalue weighted by atomic mass is 10.0. The van der Waals surface area contributed by atoms with Crippen molar-refractivity contribution in [2.75, 3.05) is 37.4 Å². The highest BCUT2D eigenvalue weighted by Gasteiger charge is 2.33. The van der Waals surface area contributed by atoms with Gasteiger partial charge in [-0.25, -0.2) is 13.2 Å². The summed E-state index contributed by atoms with van der Waals surface area (Å²) in [5.41, 5.74) is 1.90. The van der Waals surface area contributed by atoms with Crippen molar-refractivity contribution < 1.29 is 32.4 Å². The second-order valence-corrected chi connectivity index (χ2v) is 13.2. The maximum Gasteiger partial charge on any atom is 0.323 e. The number of rotatable bonds is 8. The maximum absolute atomic E-state index is 13.5. The number of nitrogens with one attached hydrogen (secondary N) is 2. The monoisotopic (exact) mass is 633 g/mol. The minimum absolute atomic E-state index is 0.0129. The molecule has 4 rings (SSSR count). The topological polar surface area (TPSA) is 154 Å². The molecular weight excluding hydrogens is 598 g/mol. The van der Waals surface area contributed by atoms with Gasteiger partial charge in [0, 0.05) is 35.8 Å². The van der Waals surface area contributed by atoms with Crippen LogP contribution in [0.3, 0.4) is 0 Å². The average molecular weight is 634 g/mol. The van der Waals surface area contributed by atoms with E-state index in [1.54, 1.807) is 43.9 Å². The van der Waals surface area contributed by atoms with Crippen molar-refractivity contribution in [3.05, 3.63) is 64.5 Å². The third-order valence-electron chi connectivity index (χ3n) is 7.41. The lowest BCUT2D eigenvalue weighted by molar-refractivity contribution is -0.134. The molecule has 0 fully saturated rings. The van der Waals surface area contributed by atoms with E-state index in [0.29, 0.717) is 39.2 Å². The molecule has 1 aliphatic heterocycles. The normalized spacial score (nSPS) is 18.2. The molecular formula is C29H36ClN5O7S. The molecule has 43 heavy (non-hydrogen) atoms. The minimum Gasteiger partial charge on any atom is -0.488 e. The summed E-state index contributed by atoms with van der Waals surface area (Å²) < 4.78 is 39.4. The second-order valence-electron chi connectivity index (χ2n) is 10.7. The Balaban J connectivity index is 1.62. The number of aliphatic hydroxyl groups excluding tert-OH is 1. The number of aromatic nitrogens is 1. The number of fused-ring (bicyclic) bond motifs is 1. The molecule has 14 heteroatoms. The van der Waals surface area contributed by atoms with Crippen LogP contribution in [0.25, 0.3) is 0 Å². The van der Waals surface area contributed by atoms with Crippen LogP contribution in [0.2, 0.25) is 5.02 Å². The quantitative estimate of drug-likeness (QED) is 0.336. The molecule has 1 aromatic heterocycles. The molecule has 0 saturated heterocycles. The van der Waals surface area contributed by atoms with Crippen molar-refractivity contribution in [3.63, 3.8) is 0 Å². The first-order valence-electron chi connectivity index (χ1n) is 13.7. The SMILES string of the molecule is Cc1noc(C)c1NC(=O)Nc1ccc2c(c1)CC(=O)N([C@@H](C)CO)C[C@@H](C)[C@H](CN(C)S(=O)(=O)c1ccc(Cl)cc1)O2. The van der Waals surface area contributed by atoms with E-state index in [9.17, 15) is 23.1 Å². The number of ether oxygens (including phenoxy) is 1. The number of benzene rings is 2. The van der Waals surface area contributed by atoms with Gasteiger partial charge < -0.3 is 29.9 Å². The summed E-state index contributed by atoms with van der Waals surface area (Å²) in [6.07, 6.45) is -0.717. The van der Waals surface area contributed by atoms with Crippen LogP contribution in [-0.2, 0) is 21.2 Å². The number of halogens is 1. The van der Waals surface area contributed by atoms with E-state index in [-0.39, 0.29) is 42.8 Å². The van der Waals surface area contributed by atoms with Crippen LogP contribution in [0, 0.1) is 19.8 Å². The Morgan fingerprint density at radius 2 is 1.91 bits per heavy atom. The van der Waals surface area contributed by atoms with Crippen LogP contribution in [-0.4, -0.2) is 78.7 Å². The number of hydrogen-bond acceptors (Lipinski definition) is 8. The summed E-state index contributed by atoms with van der Waals surface area (Å²) >= 11 is 5.95. The summed E-state index contributed by atoms with van der Waals surface area (Å²) in [4.78, 5) is 27.9. The number of hydrogen-bond donors (Lipinski definition) is 3. The molecule has 0 unspecified atom stereocenters. The Bertz CT molecular complexity index is 1560. The van der Waals surface area contributed by atoms with Crippen LogP contribution < -0.4 is 15.4 Å². The van der Waals surface area contributed by atoms with E-state index in [1.165, 1.54) is 35.6 Å². The van der Waals surface area contributed by atoms with Crippen molar-refractivity contribution in [2.45, 2.75) is 51.2 Å². The van der Waals surface area contributed by atoms with Crippen LogP contribution in [0.15, 0.2) is 51.9 Å². The highest BCUT2D eigenvalue weighted by atomic mass is 35.5. The van der Waals surface area contributed by atoms with Gasteiger partial charge in [-0.2, -0.15) is 4.31 Å². The lowest BCUT2D eigenvalue weighted by Crippen LogP contribution is -2.48. The van der Waals surface area contributed by atoms with Gasteiger partial charge in [0.2, 0.25) is 15.9 Å². The molecule has 3 aromatic rings. The highest BCUT2D eigenvalue weighted by Crippen LogP contribution is 2.30. The van der Waals surface area contributed by atoms with Crippen LogP contribution in [0.5, 0.6) is 5.75 Å². The minimum atomic E-state index is -3.87.